The number of aromatic nitrogens is 2. The van der Waals surface area contributed by atoms with Crippen LogP contribution in [0.3, 0.4) is 0 Å². The lowest BCUT2D eigenvalue weighted by atomic mass is 10.1. The average Bonchev–Trinajstić information content (AvgIpc) is 2.96. The quantitative estimate of drug-likeness (QED) is 0.469. The Morgan fingerprint density at radius 3 is 2.67 bits per heavy atom. The Bertz CT molecular complexity index is 641. The summed E-state index contributed by atoms with van der Waals surface area (Å²) in [5, 5.41) is 28.7. The zero-order valence-electron chi connectivity index (χ0n) is 11.0. The molecular weight excluding hydrogens is 278 g/mol. The summed E-state index contributed by atoms with van der Waals surface area (Å²) in [6.45, 7) is 1.47. The third kappa shape index (κ3) is 3.83. The molecule has 0 saturated carbocycles. The molecule has 0 spiro atoms. The first-order chi connectivity index (χ1) is 10.1. The highest BCUT2D eigenvalue weighted by Gasteiger charge is 2.18. The second-order valence-electron chi connectivity index (χ2n) is 4.27. The highest BCUT2D eigenvalue weighted by atomic mass is 16.6. The van der Waals surface area contributed by atoms with Crippen LogP contribution in [-0.2, 0) is 13.1 Å². The second kappa shape index (κ2) is 6.57. The Labute approximate surface area is 119 Å². The molecule has 0 saturated heterocycles. The van der Waals surface area contributed by atoms with E-state index in [4.69, 9.17) is 0 Å². The van der Waals surface area contributed by atoms with E-state index in [1.807, 2.05) is 6.20 Å². The largest absolute Gasteiger partial charge is 0.311 e. The smallest absolute Gasteiger partial charge is 0.280 e. The van der Waals surface area contributed by atoms with Crippen molar-refractivity contribution in [3.8, 4) is 0 Å². The van der Waals surface area contributed by atoms with E-state index in [0.29, 0.717) is 18.7 Å². The topological polar surface area (TPSA) is 116 Å². The van der Waals surface area contributed by atoms with Crippen molar-refractivity contribution < 1.29 is 9.85 Å². The molecule has 0 fully saturated rings. The number of nitrogens with zero attached hydrogens (tertiary/aromatic N) is 4. The maximum atomic E-state index is 11.0. The minimum atomic E-state index is -0.651. The van der Waals surface area contributed by atoms with Crippen LogP contribution < -0.4 is 5.32 Å². The molecule has 1 N–H and O–H groups in total. The van der Waals surface area contributed by atoms with E-state index in [9.17, 15) is 20.2 Å². The van der Waals surface area contributed by atoms with Gasteiger partial charge in [-0.25, -0.2) is 0 Å². The number of benzene rings is 1. The molecule has 2 rings (SSSR count). The van der Waals surface area contributed by atoms with Crippen molar-refractivity contribution in [2.75, 3.05) is 6.54 Å². The van der Waals surface area contributed by atoms with Crippen LogP contribution in [0.2, 0.25) is 0 Å². The van der Waals surface area contributed by atoms with E-state index in [-0.39, 0.29) is 17.9 Å². The summed E-state index contributed by atoms with van der Waals surface area (Å²) in [6.07, 6.45) is 3.48. The third-order valence-electron chi connectivity index (χ3n) is 2.87. The van der Waals surface area contributed by atoms with Crippen LogP contribution in [0, 0.1) is 20.2 Å². The molecule has 9 heteroatoms. The van der Waals surface area contributed by atoms with E-state index in [0.717, 1.165) is 6.07 Å². The predicted octanol–water partition coefficient (Wildman–Crippen LogP) is 1.49. The van der Waals surface area contributed by atoms with Crippen LogP contribution in [0.15, 0.2) is 36.7 Å². The number of nitrogens with one attached hydrogen (secondary N) is 1. The van der Waals surface area contributed by atoms with Crippen LogP contribution in [0.4, 0.5) is 11.4 Å². The highest BCUT2D eigenvalue weighted by molar-refractivity contribution is 5.49. The minimum Gasteiger partial charge on any atom is -0.311 e. The summed E-state index contributed by atoms with van der Waals surface area (Å²) in [4.78, 5) is 20.3. The zero-order valence-corrected chi connectivity index (χ0v) is 11.0. The number of hydrogen-bond donors (Lipinski definition) is 1. The molecule has 1 aromatic carbocycles. The Morgan fingerprint density at radius 1 is 1.24 bits per heavy atom. The van der Waals surface area contributed by atoms with Crippen molar-refractivity contribution in [3.63, 3.8) is 0 Å². The fraction of sp³-hybridized carbons (Fsp3) is 0.250. The lowest BCUT2D eigenvalue weighted by molar-refractivity contribution is -0.394. The molecule has 21 heavy (non-hydrogen) atoms. The molecule has 0 aliphatic rings. The molecule has 2 aromatic rings. The fourth-order valence-electron chi connectivity index (χ4n) is 1.83. The van der Waals surface area contributed by atoms with Crippen LogP contribution in [-0.4, -0.2) is 26.2 Å². The third-order valence-corrected chi connectivity index (χ3v) is 2.87. The molecule has 0 aliphatic carbocycles. The number of nitro benzene ring substituents is 2. The SMILES string of the molecule is O=[N+]([O-])c1ccc(CNCCn2cccn2)c([N+](=O)[O-])c1. The Hall–Kier alpha value is -2.81. The van der Waals surface area contributed by atoms with Gasteiger partial charge in [0.05, 0.1) is 22.5 Å². The van der Waals surface area contributed by atoms with E-state index in [2.05, 4.69) is 10.4 Å². The lowest BCUT2D eigenvalue weighted by Crippen LogP contribution is -2.20. The molecule has 110 valence electrons. The number of rotatable bonds is 7. The van der Waals surface area contributed by atoms with Gasteiger partial charge < -0.3 is 5.32 Å². The molecule has 1 aromatic heterocycles. The molecule has 0 atom stereocenters. The van der Waals surface area contributed by atoms with E-state index < -0.39 is 9.85 Å². The molecule has 0 bridgehead atoms. The summed E-state index contributed by atoms with van der Waals surface area (Å²) in [5.74, 6) is 0. The van der Waals surface area contributed by atoms with E-state index >= 15 is 0 Å². The minimum absolute atomic E-state index is 0.254. The summed E-state index contributed by atoms with van der Waals surface area (Å²) < 4.78 is 1.73. The first-order valence-electron chi connectivity index (χ1n) is 6.18. The first kappa shape index (κ1) is 14.6. The van der Waals surface area contributed by atoms with Crippen LogP contribution >= 0.6 is 0 Å². The van der Waals surface area contributed by atoms with Gasteiger partial charge >= 0.3 is 0 Å². The molecular formula is C12H13N5O4. The van der Waals surface area contributed by atoms with Crippen LogP contribution in [0.1, 0.15) is 5.56 Å². The number of hydrogen-bond acceptors (Lipinski definition) is 6. The monoisotopic (exact) mass is 291 g/mol. The molecule has 0 amide bonds. The molecule has 9 nitrogen and oxygen atoms in total. The highest BCUT2D eigenvalue weighted by Crippen LogP contribution is 2.24. The first-order valence-corrected chi connectivity index (χ1v) is 6.18. The molecule has 0 aliphatic heterocycles. The van der Waals surface area contributed by atoms with Crippen LogP contribution in [0.5, 0.6) is 0 Å². The van der Waals surface area contributed by atoms with Gasteiger partial charge in [-0.15, -0.1) is 0 Å². The lowest BCUT2D eigenvalue weighted by Gasteiger charge is -2.06. The Balaban J connectivity index is 1.98. The number of nitro groups is 2. The van der Waals surface area contributed by atoms with Crippen molar-refractivity contribution in [1.29, 1.82) is 0 Å². The van der Waals surface area contributed by atoms with Gasteiger partial charge in [0.15, 0.2) is 0 Å². The average molecular weight is 291 g/mol. The summed E-state index contributed by atoms with van der Waals surface area (Å²) in [7, 11) is 0. The van der Waals surface area contributed by atoms with Crippen LogP contribution in [0.25, 0.3) is 0 Å². The zero-order chi connectivity index (χ0) is 15.2. The molecule has 1 heterocycles. The van der Waals surface area contributed by atoms with Crippen molar-refractivity contribution in [1.82, 2.24) is 15.1 Å². The van der Waals surface area contributed by atoms with Gasteiger partial charge in [-0.05, 0) is 12.1 Å². The van der Waals surface area contributed by atoms with Crippen molar-refractivity contribution in [2.45, 2.75) is 13.1 Å². The van der Waals surface area contributed by atoms with E-state index in [1.165, 1.54) is 12.1 Å². The maximum absolute atomic E-state index is 11.0. The van der Waals surface area contributed by atoms with Crippen molar-refractivity contribution >= 4 is 11.4 Å². The molecule has 0 radical (unpaired) electrons. The van der Waals surface area contributed by atoms with Gasteiger partial charge in [0.25, 0.3) is 11.4 Å². The van der Waals surface area contributed by atoms with Gasteiger partial charge in [-0.2, -0.15) is 5.10 Å². The normalized spacial score (nSPS) is 10.5. The second-order valence-corrected chi connectivity index (χ2v) is 4.27. The Kier molecular flexibility index (Phi) is 4.57. The fourth-order valence-corrected chi connectivity index (χ4v) is 1.83. The molecule has 0 unspecified atom stereocenters. The van der Waals surface area contributed by atoms with Crippen molar-refractivity contribution in [3.05, 3.63) is 62.5 Å². The van der Waals surface area contributed by atoms with E-state index in [1.54, 1.807) is 16.9 Å². The predicted molar refractivity (Wildman–Crippen MR) is 73.7 cm³/mol. The van der Waals surface area contributed by atoms with Gasteiger partial charge in [-0.1, -0.05) is 0 Å². The van der Waals surface area contributed by atoms with Gasteiger partial charge in [-0.3, -0.25) is 24.9 Å². The maximum Gasteiger partial charge on any atom is 0.280 e. The summed E-state index contributed by atoms with van der Waals surface area (Å²) >= 11 is 0. The van der Waals surface area contributed by atoms with Gasteiger partial charge in [0.2, 0.25) is 0 Å². The number of non-ortho nitro benzene ring substituents is 1. The van der Waals surface area contributed by atoms with Crippen molar-refractivity contribution in [2.24, 2.45) is 0 Å². The summed E-state index contributed by atoms with van der Waals surface area (Å²) in [6, 6.07) is 5.44. The summed E-state index contributed by atoms with van der Waals surface area (Å²) in [5.41, 5.74) is -0.135. The standard InChI is InChI=1S/C12H13N5O4/c18-16(19)11-3-2-10(12(8-11)17(20)21)9-13-5-7-15-6-1-4-14-15/h1-4,6,8,13H,5,7,9H2. The van der Waals surface area contributed by atoms with Gasteiger partial charge in [0, 0.05) is 37.1 Å². The Morgan fingerprint density at radius 2 is 2.05 bits per heavy atom. The van der Waals surface area contributed by atoms with Gasteiger partial charge in [0.1, 0.15) is 0 Å².